The van der Waals surface area contributed by atoms with E-state index in [1.165, 1.54) is 6.92 Å². The third-order valence-corrected chi connectivity index (χ3v) is 5.13. The first-order valence-corrected chi connectivity index (χ1v) is 10.4. The summed E-state index contributed by atoms with van der Waals surface area (Å²) in [5.74, 6) is -0.103. The molecule has 28 heavy (non-hydrogen) atoms. The first kappa shape index (κ1) is 22.1. The number of anilines is 1. The van der Waals surface area contributed by atoms with Crippen LogP contribution in [0, 0.1) is 0 Å². The van der Waals surface area contributed by atoms with E-state index in [2.05, 4.69) is 40.0 Å². The zero-order valence-electron chi connectivity index (χ0n) is 16.7. The second kappa shape index (κ2) is 11.0. The molecule has 1 N–H and O–H groups in total. The van der Waals surface area contributed by atoms with E-state index in [4.69, 9.17) is 0 Å². The average molecular weight is 446 g/mol. The number of benzene rings is 2. The van der Waals surface area contributed by atoms with Crippen LogP contribution >= 0.6 is 15.9 Å². The van der Waals surface area contributed by atoms with Crippen LogP contribution in [0.2, 0.25) is 0 Å². The molecule has 2 amide bonds. The second-order valence-corrected chi connectivity index (χ2v) is 7.49. The van der Waals surface area contributed by atoms with Crippen molar-refractivity contribution >= 4 is 33.4 Å². The summed E-state index contributed by atoms with van der Waals surface area (Å²) in [6.07, 6.45) is 0. The summed E-state index contributed by atoms with van der Waals surface area (Å²) in [6, 6.07) is 15.2. The standard InChI is InChI=1S/C22H28BrN3O2/c1-4-25(5-2)13-14-26(21-8-6-7-20(23)15-21)22(28)19-11-9-18(10-12-19)16-24-17(3)27/h6-12,15H,4-5,13-14,16H2,1-3H3,(H,24,27). The van der Waals surface area contributed by atoms with E-state index >= 15 is 0 Å². The van der Waals surface area contributed by atoms with Gasteiger partial charge in [-0.2, -0.15) is 0 Å². The van der Waals surface area contributed by atoms with Crippen molar-refractivity contribution in [3.05, 3.63) is 64.1 Å². The van der Waals surface area contributed by atoms with Crippen molar-refractivity contribution in [2.24, 2.45) is 0 Å². The highest BCUT2D eigenvalue weighted by Crippen LogP contribution is 2.22. The van der Waals surface area contributed by atoms with Crippen LogP contribution in [-0.2, 0) is 11.3 Å². The topological polar surface area (TPSA) is 52.6 Å². The molecule has 5 nitrogen and oxygen atoms in total. The molecule has 0 aromatic heterocycles. The minimum Gasteiger partial charge on any atom is -0.352 e. The van der Waals surface area contributed by atoms with Gasteiger partial charge in [-0.1, -0.05) is 48.0 Å². The second-order valence-electron chi connectivity index (χ2n) is 6.57. The largest absolute Gasteiger partial charge is 0.352 e. The quantitative estimate of drug-likeness (QED) is 0.632. The molecule has 0 fully saturated rings. The van der Waals surface area contributed by atoms with Crippen molar-refractivity contribution in [2.45, 2.75) is 27.3 Å². The highest BCUT2D eigenvalue weighted by Gasteiger charge is 2.18. The van der Waals surface area contributed by atoms with Gasteiger partial charge in [0.1, 0.15) is 0 Å². The molecule has 6 heteroatoms. The average Bonchev–Trinajstić information content (AvgIpc) is 2.70. The van der Waals surface area contributed by atoms with Gasteiger partial charge in [0.25, 0.3) is 5.91 Å². The van der Waals surface area contributed by atoms with Gasteiger partial charge in [-0.25, -0.2) is 0 Å². The fraction of sp³-hybridized carbons (Fsp3) is 0.364. The van der Waals surface area contributed by atoms with E-state index < -0.39 is 0 Å². The van der Waals surface area contributed by atoms with E-state index in [1.807, 2.05) is 53.4 Å². The maximum atomic E-state index is 13.2. The molecule has 0 radical (unpaired) electrons. The van der Waals surface area contributed by atoms with Gasteiger partial charge in [0, 0.05) is 42.3 Å². The van der Waals surface area contributed by atoms with Gasteiger partial charge >= 0.3 is 0 Å². The minimum absolute atomic E-state index is 0.0312. The Labute approximate surface area is 175 Å². The molecule has 2 aromatic carbocycles. The molecular formula is C22H28BrN3O2. The van der Waals surface area contributed by atoms with Gasteiger partial charge in [-0.15, -0.1) is 0 Å². The van der Waals surface area contributed by atoms with Crippen LogP contribution < -0.4 is 10.2 Å². The maximum Gasteiger partial charge on any atom is 0.258 e. The first-order chi connectivity index (χ1) is 13.4. The highest BCUT2D eigenvalue weighted by molar-refractivity contribution is 9.10. The van der Waals surface area contributed by atoms with E-state index in [9.17, 15) is 9.59 Å². The summed E-state index contributed by atoms with van der Waals surface area (Å²) in [4.78, 5) is 28.4. The van der Waals surface area contributed by atoms with Gasteiger partial charge in [0.05, 0.1) is 0 Å². The fourth-order valence-electron chi connectivity index (χ4n) is 2.92. The summed E-state index contributed by atoms with van der Waals surface area (Å²) >= 11 is 3.50. The van der Waals surface area contributed by atoms with Crippen LogP contribution in [0.5, 0.6) is 0 Å². The van der Waals surface area contributed by atoms with Crippen molar-refractivity contribution in [1.82, 2.24) is 10.2 Å². The summed E-state index contributed by atoms with van der Waals surface area (Å²) < 4.78 is 0.941. The lowest BCUT2D eigenvalue weighted by molar-refractivity contribution is -0.119. The summed E-state index contributed by atoms with van der Waals surface area (Å²) in [5, 5.41) is 2.77. The maximum absolute atomic E-state index is 13.2. The Morgan fingerprint density at radius 1 is 1.00 bits per heavy atom. The number of rotatable bonds is 9. The molecule has 0 aliphatic rings. The fourth-order valence-corrected chi connectivity index (χ4v) is 3.31. The number of hydrogen-bond acceptors (Lipinski definition) is 3. The number of nitrogens with one attached hydrogen (secondary N) is 1. The summed E-state index contributed by atoms with van der Waals surface area (Å²) in [7, 11) is 0. The Hall–Kier alpha value is -2.18. The number of likely N-dealkylation sites (N-methyl/N-ethyl adjacent to an activating group) is 1. The molecule has 2 rings (SSSR count). The smallest absolute Gasteiger partial charge is 0.258 e. The number of amides is 2. The molecule has 0 bridgehead atoms. The lowest BCUT2D eigenvalue weighted by atomic mass is 10.1. The van der Waals surface area contributed by atoms with Gasteiger partial charge in [-0.3, -0.25) is 9.59 Å². The number of halogens is 1. The molecule has 0 atom stereocenters. The zero-order chi connectivity index (χ0) is 20.5. The Morgan fingerprint density at radius 2 is 1.68 bits per heavy atom. The van der Waals surface area contributed by atoms with Crippen LogP contribution in [0.4, 0.5) is 5.69 Å². The van der Waals surface area contributed by atoms with Crippen molar-refractivity contribution in [2.75, 3.05) is 31.1 Å². The number of nitrogens with zero attached hydrogens (tertiary/aromatic N) is 2. The predicted octanol–water partition coefficient (Wildman–Crippen LogP) is 4.07. The minimum atomic E-state index is -0.0719. The van der Waals surface area contributed by atoms with Crippen LogP contribution in [0.15, 0.2) is 53.0 Å². The Bertz CT molecular complexity index is 789. The molecule has 0 aliphatic heterocycles. The predicted molar refractivity (Wildman–Crippen MR) is 118 cm³/mol. The SMILES string of the molecule is CCN(CC)CCN(C(=O)c1ccc(CNC(C)=O)cc1)c1cccc(Br)c1. The van der Waals surface area contributed by atoms with E-state index in [-0.39, 0.29) is 11.8 Å². The number of hydrogen-bond donors (Lipinski definition) is 1. The normalized spacial score (nSPS) is 10.8. The highest BCUT2D eigenvalue weighted by atomic mass is 79.9. The van der Waals surface area contributed by atoms with E-state index in [1.54, 1.807) is 0 Å². The number of carbonyl (C=O) groups excluding carboxylic acids is 2. The zero-order valence-corrected chi connectivity index (χ0v) is 18.3. The van der Waals surface area contributed by atoms with Crippen LogP contribution in [-0.4, -0.2) is 42.9 Å². The number of carbonyl (C=O) groups is 2. The Balaban J connectivity index is 2.21. The molecule has 0 saturated carbocycles. The molecule has 150 valence electrons. The molecule has 0 aliphatic carbocycles. The molecular weight excluding hydrogens is 418 g/mol. The molecule has 0 saturated heterocycles. The van der Waals surface area contributed by atoms with Gasteiger partial charge in [0.2, 0.25) is 5.91 Å². The van der Waals surface area contributed by atoms with Crippen molar-refractivity contribution in [3.63, 3.8) is 0 Å². The van der Waals surface area contributed by atoms with Crippen molar-refractivity contribution < 1.29 is 9.59 Å². The lowest BCUT2D eigenvalue weighted by Crippen LogP contribution is -2.39. The van der Waals surface area contributed by atoms with Crippen molar-refractivity contribution in [3.8, 4) is 0 Å². The Kier molecular flexibility index (Phi) is 8.67. The van der Waals surface area contributed by atoms with Crippen molar-refractivity contribution in [1.29, 1.82) is 0 Å². The monoisotopic (exact) mass is 445 g/mol. The molecule has 0 unspecified atom stereocenters. The van der Waals surface area contributed by atoms with Crippen LogP contribution in [0.1, 0.15) is 36.7 Å². The first-order valence-electron chi connectivity index (χ1n) is 9.57. The van der Waals surface area contributed by atoms with Crippen LogP contribution in [0.25, 0.3) is 0 Å². The van der Waals surface area contributed by atoms with Gasteiger partial charge in [-0.05, 0) is 49.0 Å². The Morgan fingerprint density at radius 3 is 2.25 bits per heavy atom. The van der Waals surface area contributed by atoms with Gasteiger partial charge in [0.15, 0.2) is 0 Å². The third-order valence-electron chi connectivity index (χ3n) is 4.64. The van der Waals surface area contributed by atoms with E-state index in [0.717, 1.165) is 35.4 Å². The van der Waals surface area contributed by atoms with Gasteiger partial charge < -0.3 is 15.1 Å². The lowest BCUT2D eigenvalue weighted by Gasteiger charge is -2.27. The third kappa shape index (κ3) is 6.46. The summed E-state index contributed by atoms with van der Waals surface area (Å²) in [5.41, 5.74) is 2.46. The molecule has 0 spiro atoms. The van der Waals surface area contributed by atoms with E-state index in [0.29, 0.717) is 18.7 Å². The molecule has 2 aromatic rings. The van der Waals surface area contributed by atoms with Crippen LogP contribution in [0.3, 0.4) is 0 Å². The summed E-state index contributed by atoms with van der Waals surface area (Å²) in [6.45, 7) is 9.54. The molecule has 0 heterocycles.